The molecular formula is C23H24F4N2O2S. The van der Waals surface area contributed by atoms with Crippen LogP contribution < -0.4 is 0 Å². The van der Waals surface area contributed by atoms with E-state index in [1.807, 2.05) is 13.8 Å². The van der Waals surface area contributed by atoms with E-state index >= 15 is 0 Å². The third-order valence-corrected chi connectivity index (χ3v) is 5.73. The summed E-state index contributed by atoms with van der Waals surface area (Å²) in [5.41, 5.74) is -0.745. The van der Waals surface area contributed by atoms with E-state index < -0.39 is 27.5 Å². The SMILES string of the molecule is C=CCn1nc(C2=CC=C(S(C)(=O)=O)CC=C2)c(-c2ccc(F)cc2)c1C(F)(F)F.CC. The fourth-order valence-corrected chi connectivity index (χ4v) is 3.85. The molecule has 0 fully saturated rings. The molecule has 1 aromatic carbocycles. The number of rotatable bonds is 5. The summed E-state index contributed by atoms with van der Waals surface area (Å²) in [5, 5.41) is 4.15. The first kappa shape index (κ1) is 25.3. The van der Waals surface area contributed by atoms with E-state index in [0.717, 1.165) is 23.1 Å². The molecule has 0 radical (unpaired) electrons. The number of aromatic nitrogens is 2. The predicted octanol–water partition coefficient (Wildman–Crippen LogP) is 6.19. The fraction of sp³-hybridized carbons (Fsp3) is 0.261. The van der Waals surface area contributed by atoms with Crippen LogP contribution in [0.2, 0.25) is 0 Å². The van der Waals surface area contributed by atoms with E-state index in [1.165, 1.54) is 36.4 Å². The molecule has 0 aliphatic heterocycles. The second kappa shape index (κ2) is 10.1. The summed E-state index contributed by atoms with van der Waals surface area (Å²) >= 11 is 0. The zero-order valence-corrected chi connectivity index (χ0v) is 18.8. The van der Waals surface area contributed by atoms with Gasteiger partial charge in [-0.15, -0.1) is 6.58 Å². The minimum atomic E-state index is -4.74. The molecule has 3 rings (SSSR count). The minimum absolute atomic E-state index is 0.0121. The van der Waals surface area contributed by atoms with E-state index in [0.29, 0.717) is 5.57 Å². The van der Waals surface area contributed by atoms with Gasteiger partial charge in [0.2, 0.25) is 0 Å². The molecule has 0 atom stereocenters. The quantitative estimate of drug-likeness (QED) is 0.388. The maximum Gasteiger partial charge on any atom is 0.433 e. The van der Waals surface area contributed by atoms with Gasteiger partial charge in [0, 0.05) is 28.7 Å². The lowest BCUT2D eigenvalue weighted by Crippen LogP contribution is -2.15. The zero-order chi connectivity index (χ0) is 24.1. The Balaban J connectivity index is 0.00000176. The van der Waals surface area contributed by atoms with Crippen LogP contribution in [0.25, 0.3) is 16.7 Å². The smallest absolute Gasteiger partial charge is 0.255 e. The van der Waals surface area contributed by atoms with Gasteiger partial charge >= 0.3 is 6.18 Å². The van der Waals surface area contributed by atoms with Crippen LogP contribution in [0.5, 0.6) is 0 Å². The van der Waals surface area contributed by atoms with Crippen molar-refractivity contribution in [2.45, 2.75) is 33.0 Å². The van der Waals surface area contributed by atoms with Gasteiger partial charge in [-0.1, -0.05) is 50.3 Å². The number of sulfone groups is 1. The second-order valence-electron chi connectivity index (χ2n) is 6.68. The van der Waals surface area contributed by atoms with Gasteiger partial charge in [0.15, 0.2) is 15.5 Å². The van der Waals surface area contributed by atoms with Crippen molar-refractivity contribution >= 4 is 15.4 Å². The number of nitrogens with zero attached hydrogens (tertiary/aromatic N) is 2. The Hall–Kier alpha value is -2.94. The van der Waals surface area contributed by atoms with Gasteiger partial charge in [-0.2, -0.15) is 18.3 Å². The molecule has 172 valence electrons. The number of alkyl halides is 3. The molecule has 0 saturated carbocycles. The van der Waals surface area contributed by atoms with Gasteiger partial charge in [0.25, 0.3) is 0 Å². The van der Waals surface area contributed by atoms with Gasteiger partial charge in [-0.3, -0.25) is 4.68 Å². The molecule has 0 spiro atoms. The minimum Gasteiger partial charge on any atom is -0.255 e. The van der Waals surface area contributed by atoms with Crippen molar-refractivity contribution in [2.75, 3.05) is 6.26 Å². The van der Waals surface area contributed by atoms with Gasteiger partial charge in [-0.05, 0) is 23.8 Å². The highest BCUT2D eigenvalue weighted by Crippen LogP contribution is 2.42. The first-order valence-corrected chi connectivity index (χ1v) is 11.7. The molecule has 0 unspecified atom stereocenters. The monoisotopic (exact) mass is 468 g/mol. The summed E-state index contributed by atoms with van der Waals surface area (Å²) < 4.78 is 79.8. The van der Waals surface area contributed by atoms with Crippen molar-refractivity contribution in [3.63, 3.8) is 0 Å². The molecule has 0 bridgehead atoms. The van der Waals surface area contributed by atoms with Crippen LogP contribution >= 0.6 is 0 Å². The highest BCUT2D eigenvalue weighted by molar-refractivity contribution is 7.94. The fourth-order valence-electron chi connectivity index (χ4n) is 3.14. The molecule has 1 heterocycles. The van der Waals surface area contributed by atoms with E-state index in [4.69, 9.17) is 0 Å². The average molecular weight is 469 g/mol. The van der Waals surface area contributed by atoms with Crippen molar-refractivity contribution in [1.82, 2.24) is 9.78 Å². The standard InChI is InChI=1S/C21H18F4N2O2S.C2H6/c1-3-13-27-20(21(23,24)25)18(14-7-10-16(22)11-8-14)19(26-27)15-5-4-6-17(12-9-15)30(2,28)29;1-2/h3-5,7-12H,1,6,13H2,2H3;1-2H3. The maximum absolute atomic E-state index is 14.0. The lowest BCUT2D eigenvalue weighted by molar-refractivity contribution is -0.143. The summed E-state index contributed by atoms with van der Waals surface area (Å²) in [4.78, 5) is 0.138. The van der Waals surface area contributed by atoms with Crippen molar-refractivity contribution < 1.29 is 26.0 Å². The highest BCUT2D eigenvalue weighted by Gasteiger charge is 2.40. The molecule has 1 aliphatic rings. The second-order valence-corrected chi connectivity index (χ2v) is 8.75. The largest absolute Gasteiger partial charge is 0.433 e. The number of hydrogen-bond acceptors (Lipinski definition) is 3. The number of benzene rings is 1. The summed E-state index contributed by atoms with van der Waals surface area (Å²) in [6.45, 7) is 7.29. The molecule has 0 saturated heterocycles. The lowest BCUT2D eigenvalue weighted by atomic mass is 9.98. The van der Waals surface area contributed by atoms with Gasteiger partial charge in [-0.25, -0.2) is 12.8 Å². The third-order valence-electron chi connectivity index (χ3n) is 4.47. The van der Waals surface area contributed by atoms with Crippen LogP contribution in [0.3, 0.4) is 0 Å². The first-order chi connectivity index (χ1) is 15.0. The van der Waals surface area contributed by atoms with Crippen molar-refractivity contribution in [3.8, 4) is 11.1 Å². The van der Waals surface area contributed by atoms with E-state index in [-0.39, 0.29) is 34.7 Å². The Morgan fingerprint density at radius 2 is 1.78 bits per heavy atom. The molecule has 2 aromatic rings. The third kappa shape index (κ3) is 5.64. The van der Waals surface area contributed by atoms with Crippen molar-refractivity contribution in [3.05, 3.63) is 83.3 Å². The summed E-state index contributed by atoms with van der Waals surface area (Å²) in [6.07, 6.45) is 3.61. The molecule has 4 nitrogen and oxygen atoms in total. The maximum atomic E-state index is 14.0. The van der Waals surface area contributed by atoms with E-state index in [1.54, 1.807) is 6.08 Å². The number of hydrogen-bond donors (Lipinski definition) is 0. The summed E-state index contributed by atoms with van der Waals surface area (Å²) in [5.74, 6) is -0.582. The molecule has 1 aromatic heterocycles. The zero-order valence-electron chi connectivity index (χ0n) is 17.9. The number of halogens is 4. The van der Waals surface area contributed by atoms with Crippen molar-refractivity contribution in [2.24, 2.45) is 0 Å². The van der Waals surface area contributed by atoms with E-state index in [2.05, 4.69) is 11.7 Å². The number of allylic oxidation sites excluding steroid dienone is 7. The molecule has 0 amide bonds. The van der Waals surface area contributed by atoms with Gasteiger partial charge in [0.1, 0.15) is 11.5 Å². The van der Waals surface area contributed by atoms with Crippen LogP contribution in [0, 0.1) is 5.82 Å². The van der Waals surface area contributed by atoms with Crippen molar-refractivity contribution in [1.29, 1.82) is 0 Å². The lowest BCUT2D eigenvalue weighted by Gasteiger charge is -2.12. The van der Waals surface area contributed by atoms with Crippen LogP contribution in [0.1, 0.15) is 31.7 Å². The topological polar surface area (TPSA) is 52.0 Å². The van der Waals surface area contributed by atoms with Gasteiger partial charge < -0.3 is 0 Å². The molecular weight excluding hydrogens is 444 g/mol. The highest BCUT2D eigenvalue weighted by atomic mass is 32.2. The molecule has 32 heavy (non-hydrogen) atoms. The Labute approximate surface area is 185 Å². The Bertz CT molecular complexity index is 1170. The van der Waals surface area contributed by atoms with Crippen LogP contribution in [-0.4, -0.2) is 24.5 Å². The van der Waals surface area contributed by atoms with E-state index in [9.17, 15) is 26.0 Å². The summed E-state index contributed by atoms with van der Waals surface area (Å²) in [6, 6.07) is 4.65. The predicted molar refractivity (Wildman–Crippen MR) is 119 cm³/mol. The van der Waals surface area contributed by atoms with Crippen LogP contribution in [0.15, 0.2) is 66.1 Å². The van der Waals surface area contributed by atoms with Crippen LogP contribution in [-0.2, 0) is 22.6 Å². The first-order valence-electron chi connectivity index (χ1n) is 9.85. The average Bonchev–Trinajstić information content (AvgIpc) is 2.92. The molecule has 9 heteroatoms. The van der Waals surface area contributed by atoms with Crippen LogP contribution in [0.4, 0.5) is 17.6 Å². The summed E-state index contributed by atoms with van der Waals surface area (Å²) in [7, 11) is -3.45. The Kier molecular flexibility index (Phi) is 8.01. The normalized spacial score (nSPS) is 14.1. The Morgan fingerprint density at radius 3 is 2.31 bits per heavy atom. The molecule has 1 aliphatic carbocycles. The Morgan fingerprint density at radius 1 is 1.16 bits per heavy atom. The van der Waals surface area contributed by atoms with Gasteiger partial charge in [0.05, 0.1) is 6.54 Å². The molecule has 0 N–H and O–H groups in total.